The van der Waals surface area contributed by atoms with Gasteiger partial charge < -0.3 is 10.2 Å². The summed E-state index contributed by atoms with van der Waals surface area (Å²) >= 11 is 0. The van der Waals surface area contributed by atoms with Crippen LogP contribution < -0.4 is 21.1 Å². The van der Waals surface area contributed by atoms with E-state index in [4.69, 9.17) is 0 Å². The first-order valence-corrected chi connectivity index (χ1v) is 22.9. The van der Waals surface area contributed by atoms with Gasteiger partial charge >= 0.3 is 0 Å². The normalized spacial score (nSPS) is 26.4. The average molecular weight is 749 g/mol. The van der Waals surface area contributed by atoms with Crippen molar-refractivity contribution in [3.05, 3.63) is 131 Å². The molecule has 12 rings (SSSR count). The minimum atomic E-state index is -0.131. The Kier molecular flexibility index (Phi) is 8.27. The number of hydrogen-bond donors (Lipinski definition) is 1. The molecule has 0 radical (unpaired) electrons. The van der Waals surface area contributed by atoms with Gasteiger partial charge in [0.15, 0.2) is 0 Å². The lowest BCUT2D eigenvalue weighted by Crippen LogP contribution is -2.59. The van der Waals surface area contributed by atoms with Crippen LogP contribution in [0.1, 0.15) is 152 Å². The fourth-order valence-corrected chi connectivity index (χ4v) is 13.8. The van der Waals surface area contributed by atoms with E-state index in [1.807, 2.05) is 0 Å². The van der Waals surface area contributed by atoms with Gasteiger partial charge in [-0.3, -0.25) is 0 Å². The quantitative estimate of drug-likeness (QED) is 0.210. The van der Waals surface area contributed by atoms with Crippen LogP contribution in [0, 0.1) is 5.41 Å². The van der Waals surface area contributed by atoms with E-state index in [1.54, 1.807) is 27.7 Å². The van der Waals surface area contributed by atoms with Crippen molar-refractivity contribution in [2.45, 2.75) is 146 Å². The van der Waals surface area contributed by atoms with Crippen molar-refractivity contribution in [1.82, 2.24) is 5.32 Å². The van der Waals surface area contributed by atoms with Crippen LogP contribution in [0.5, 0.6) is 0 Å². The predicted octanol–water partition coefficient (Wildman–Crippen LogP) is 12.7. The fourth-order valence-electron chi connectivity index (χ4n) is 13.8. The van der Waals surface area contributed by atoms with Crippen molar-refractivity contribution in [1.29, 1.82) is 0 Å². The number of fused-ring (bicyclic) bond motifs is 5. The summed E-state index contributed by atoms with van der Waals surface area (Å²) in [6.45, 7) is 10.5. The summed E-state index contributed by atoms with van der Waals surface area (Å²) in [5.41, 5.74) is 19.2. The van der Waals surface area contributed by atoms with Crippen LogP contribution in [0.4, 0.5) is 11.4 Å². The molecule has 8 aliphatic rings. The van der Waals surface area contributed by atoms with Gasteiger partial charge in [-0.2, -0.15) is 0 Å². The van der Waals surface area contributed by atoms with Gasteiger partial charge in [0.2, 0.25) is 6.71 Å². The number of nitrogens with zero attached hydrogens (tertiary/aromatic N) is 1. The van der Waals surface area contributed by atoms with Crippen molar-refractivity contribution >= 4 is 40.2 Å². The molecule has 0 saturated heterocycles. The minimum absolute atomic E-state index is 0.0125. The summed E-state index contributed by atoms with van der Waals surface area (Å²) in [6.07, 6.45) is 27.4. The fraction of sp³-hybridized carbons (Fsp3) is 0.444. The maximum Gasteiger partial charge on any atom is 0.249 e. The number of rotatable bonds is 3. The molecular formula is C54H61BN2. The maximum atomic E-state index is 4.26. The Morgan fingerprint density at radius 3 is 1.95 bits per heavy atom. The van der Waals surface area contributed by atoms with Crippen LogP contribution >= 0.6 is 0 Å². The molecule has 3 fully saturated rings. The molecule has 5 heterocycles. The second kappa shape index (κ2) is 13.1. The SMILES string of the molecule is CC1(C)N/C=C2/C=C(c3ccccc3)\C=C(/c3cc(C4CCCCC4)cc4c3B2c2cc(-c3ccccc3)cc3c2N4C(C)(C)C32CCCCC2)C12CCCCC2. The van der Waals surface area contributed by atoms with E-state index in [9.17, 15) is 0 Å². The third kappa shape index (κ3) is 5.15. The summed E-state index contributed by atoms with van der Waals surface area (Å²) in [4.78, 5) is 2.96. The van der Waals surface area contributed by atoms with Crippen LogP contribution in [-0.4, -0.2) is 17.8 Å². The molecule has 3 aliphatic carbocycles. The number of benzene rings is 4. The molecule has 0 unspecified atom stereocenters. The van der Waals surface area contributed by atoms with Crippen LogP contribution in [0.15, 0.2) is 109 Å². The average Bonchev–Trinajstić information content (AvgIpc) is 3.46. The molecular weight excluding hydrogens is 687 g/mol. The van der Waals surface area contributed by atoms with E-state index in [2.05, 4.69) is 141 Å². The highest BCUT2D eigenvalue weighted by atomic mass is 15.3. The molecule has 0 amide bonds. The molecule has 2 spiro atoms. The van der Waals surface area contributed by atoms with Gasteiger partial charge in [-0.1, -0.05) is 142 Å². The summed E-state index contributed by atoms with van der Waals surface area (Å²) in [7, 11) is 0. The molecule has 57 heavy (non-hydrogen) atoms. The van der Waals surface area contributed by atoms with E-state index in [0.29, 0.717) is 5.92 Å². The first kappa shape index (κ1) is 35.9. The summed E-state index contributed by atoms with van der Waals surface area (Å²) < 4.78 is 0. The van der Waals surface area contributed by atoms with E-state index in [-0.39, 0.29) is 28.6 Å². The zero-order valence-electron chi connectivity index (χ0n) is 35.0. The Bertz CT molecular complexity index is 2320. The number of hydrogen-bond acceptors (Lipinski definition) is 2. The Morgan fingerprint density at radius 2 is 1.26 bits per heavy atom. The van der Waals surface area contributed by atoms with Crippen LogP contribution in [0.3, 0.4) is 0 Å². The highest BCUT2D eigenvalue weighted by molar-refractivity contribution is 6.95. The summed E-state index contributed by atoms with van der Waals surface area (Å²) in [5.74, 6) is 0.624. The number of nitrogens with one attached hydrogen (secondary N) is 1. The van der Waals surface area contributed by atoms with Crippen molar-refractivity contribution in [2.75, 3.05) is 4.90 Å². The maximum absolute atomic E-state index is 4.26. The van der Waals surface area contributed by atoms with Crippen LogP contribution in [0.25, 0.3) is 22.3 Å². The van der Waals surface area contributed by atoms with Gasteiger partial charge in [0, 0.05) is 33.3 Å². The Labute approximate surface area is 343 Å². The zero-order valence-corrected chi connectivity index (χ0v) is 35.0. The van der Waals surface area contributed by atoms with Crippen molar-refractivity contribution in [3.63, 3.8) is 0 Å². The second-order valence-electron chi connectivity index (χ2n) is 20.2. The highest BCUT2D eigenvalue weighted by Crippen LogP contribution is 2.63. The molecule has 1 N–H and O–H groups in total. The topological polar surface area (TPSA) is 15.3 Å². The second-order valence-corrected chi connectivity index (χ2v) is 20.2. The predicted molar refractivity (Wildman–Crippen MR) is 243 cm³/mol. The van der Waals surface area contributed by atoms with Crippen molar-refractivity contribution < 1.29 is 0 Å². The van der Waals surface area contributed by atoms with Crippen molar-refractivity contribution in [2.24, 2.45) is 5.41 Å². The van der Waals surface area contributed by atoms with Gasteiger partial charge in [0.05, 0.1) is 0 Å². The summed E-state index contributed by atoms with van der Waals surface area (Å²) in [5, 5.41) is 4.26. The minimum Gasteiger partial charge on any atom is -0.386 e. The zero-order chi connectivity index (χ0) is 38.6. The van der Waals surface area contributed by atoms with Crippen LogP contribution in [0.2, 0.25) is 0 Å². The molecule has 3 saturated carbocycles. The number of allylic oxidation sites excluding steroid dienone is 4. The molecule has 0 atom stereocenters. The van der Waals surface area contributed by atoms with E-state index in [0.717, 1.165) is 0 Å². The standard InChI is InChI=1S/C54H61BN2/c1-51(2)53(26-16-8-17-27-53)45-32-40(37-20-10-5-11-21-37)30-43(36-56-51)55-47-34-42(39-24-14-7-15-25-39)33-46-50(47)57(52(3,4)54(46)28-18-9-19-29-54)48-35-41(31-44(45)49(48)55)38-22-12-6-13-23-38/h5,7,10-11,14-15,20-21,24-25,30-36,38,56H,6,8-9,12-13,16-19,22-23,26-29H2,1-4H3/b40-30+,43-36-,45-32+. The monoisotopic (exact) mass is 748 g/mol. The number of anilines is 2. The molecule has 5 aliphatic heterocycles. The van der Waals surface area contributed by atoms with Crippen molar-refractivity contribution in [3.8, 4) is 11.1 Å². The summed E-state index contributed by atoms with van der Waals surface area (Å²) in [6, 6.07) is 33.5. The van der Waals surface area contributed by atoms with E-state index >= 15 is 0 Å². The van der Waals surface area contributed by atoms with Gasteiger partial charge in [-0.05, 0) is 152 Å². The lowest BCUT2D eigenvalue weighted by molar-refractivity contribution is 0.138. The van der Waals surface area contributed by atoms with E-state index in [1.165, 1.54) is 141 Å². The molecule has 3 heteroatoms. The van der Waals surface area contributed by atoms with Gasteiger partial charge in [0.25, 0.3) is 0 Å². The highest BCUT2D eigenvalue weighted by Gasteiger charge is 2.61. The largest absolute Gasteiger partial charge is 0.386 e. The molecule has 0 aromatic heterocycles. The molecule has 4 aromatic rings. The third-order valence-corrected chi connectivity index (χ3v) is 16.9. The van der Waals surface area contributed by atoms with Gasteiger partial charge in [0.1, 0.15) is 0 Å². The molecule has 2 bridgehead atoms. The molecule has 290 valence electrons. The Morgan fingerprint density at radius 1 is 0.632 bits per heavy atom. The lowest BCUT2D eigenvalue weighted by Gasteiger charge is -2.52. The first-order valence-electron chi connectivity index (χ1n) is 22.9. The molecule has 2 nitrogen and oxygen atoms in total. The molecule has 4 aromatic carbocycles. The Balaban J connectivity index is 1.30. The van der Waals surface area contributed by atoms with Gasteiger partial charge in [-0.25, -0.2) is 0 Å². The first-order chi connectivity index (χ1) is 27.7. The smallest absolute Gasteiger partial charge is 0.249 e. The van der Waals surface area contributed by atoms with Gasteiger partial charge in [-0.15, -0.1) is 0 Å². The third-order valence-electron chi connectivity index (χ3n) is 16.9. The Hall–Kier alpha value is -4.24. The lowest BCUT2D eigenvalue weighted by atomic mass is 9.33. The van der Waals surface area contributed by atoms with E-state index < -0.39 is 0 Å². The van der Waals surface area contributed by atoms with Crippen LogP contribution in [-0.2, 0) is 5.41 Å².